The van der Waals surface area contributed by atoms with E-state index in [0.29, 0.717) is 0 Å². The molecule has 0 unspecified atom stereocenters. The number of fused-ring (bicyclic) bond motifs is 1. The van der Waals surface area contributed by atoms with Crippen LogP contribution >= 0.6 is 0 Å². The molecule has 0 spiro atoms. The van der Waals surface area contributed by atoms with Crippen molar-refractivity contribution < 1.29 is 0 Å². The maximum atomic E-state index is 2.24. The minimum Gasteiger partial charge on any atom is -0.0836 e. The van der Waals surface area contributed by atoms with Gasteiger partial charge < -0.3 is 0 Å². The first kappa shape index (κ1) is 23.4. The Hall–Kier alpha value is -1.82. The Bertz CT molecular complexity index is 480. The highest BCUT2D eigenvalue weighted by Crippen LogP contribution is 2.17. The van der Waals surface area contributed by atoms with Gasteiger partial charge in [-0.2, -0.15) is 0 Å². The Balaban J connectivity index is 0. The van der Waals surface area contributed by atoms with Crippen LogP contribution in [0.2, 0.25) is 0 Å². The first-order valence-corrected chi connectivity index (χ1v) is 9.12. The van der Waals surface area contributed by atoms with E-state index in [1.165, 1.54) is 29.5 Å². The third-order valence-corrected chi connectivity index (χ3v) is 2.87. The van der Waals surface area contributed by atoms with Crippen LogP contribution < -0.4 is 0 Å². The molecule has 0 radical (unpaired) electrons. The molecule has 0 bridgehead atoms. The van der Waals surface area contributed by atoms with Gasteiger partial charge in [-0.3, -0.25) is 0 Å². The van der Waals surface area contributed by atoms with E-state index in [9.17, 15) is 0 Å². The van der Waals surface area contributed by atoms with Gasteiger partial charge in [0.25, 0.3) is 0 Å². The van der Waals surface area contributed by atoms with E-state index < -0.39 is 0 Å². The summed E-state index contributed by atoms with van der Waals surface area (Å²) >= 11 is 0. The molecule has 0 amide bonds. The zero-order valence-corrected chi connectivity index (χ0v) is 16.3. The SMILES string of the molecule is C1=Cc2ccccc2CC1.CC.CC.CC.Cc1ccccc1. The Labute approximate surface area is 145 Å². The van der Waals surface area contributed by atoms with E-state index in [1.54, 1.807) is 0 Å². The molecule has 0 fully saturated rings. The van der Waals surface area contributed by atoms with E-state index in [2.05, 4.69) is 55.5 Å². The van der Waals surface area contributed by atoms with Crippen LogP contribution in [0.4, 0.5) is 0 Å². The molecule has 23 heavy (non-hydrogen) atoms. The van der Waals surface area contributed by atoms with Gasteiger partial charge in [-0.05, 0) is 30.9 Å². The Kier molecular flexibility index (Phi) is 18.6. The highest BCUT2D eigenvalue weighted by molar-refractivity contribution is 5.55. The maximum absolute atomic E-state index is 2.24. The molecule has 0 aliphatic heterocycles. The van der Waals surface area contributed by atoms with Crippen LogP contribution in [0.5, 0.6) is 0 Å². The molecule has 128 valence electrons. The largest absolute Gasteiger partial charge is 0.0836 e. The summed E-state index contributed by atoms with van der Waals surface area (Å²) in [6.45, 7) is 14.1. The molecule has 0 heterocycles. The van der Waals surface area contributed by atoms with Crippen LogP contribution in [0.3, 0.4) is 0 Å². The standard InChI is InChI=1S/C10H10.C7H8.3C2H6/c1-2-6-10-8-4-3-7-9(10)5-1;1-7-5-3-2-4-6-7;3*1-2/h1-3,5-7H,4,8H2;2-6H,1H3;3*1-2H3. The first-order chi connectivity index (χ1) is 11.4. The average molecular weight is 313 g/mol. The van der Waals surface area contributed by atoms with E-state index >= 15 is 0 Å². The maximum Gasteiger partial charge on any atom is -0.0228 e. The summed E-state index contributed by atoms with van der Waals surface area (Å²) in [4.78, 5) is 0. The molecular weight excluding hydrogens is 276 g/mol. The van der Waals surface area contributed by atoms with Gasteiger partial charge in [0.05, 0.1) is 0 Å². The van der Waals surface area contributed by atoms with Crippen molar-refractivity contribution in [2.75, 3.05) is 0 Å². The van der Waals surface area contributed by atoms with E-state index in [0.717, 1.165) is 0 Å². The highest BCUT2D eigenvalue weighted by Gasteiger charge is 2.00. The zero-order chi connectivity index (χ0) is 17.9. The number of allylic oxidation sites excluding steroid dienone is 1. The Morgan fingerprint density at radius 1 is 0.652 bits per heavy atom. The van der Waals surface area contributed by atoms with Crippen LogP contribution in [-0.2, 0) is 6.42 Å². The molecule has 0 aromatic heterocycles. The Morgan fingerprint density at radius 2 is 1.17 bits per heavy atom. The van der Waals surface area contributed by atoms with Crippen molar-refractivity contribution in [3.63, 3.8) is 0 Å². The molecule has 1 aliphatic rings. The molecule has 0 heteroatoms. The van der Waals surface area contributed by atoms with E-state index in [4.69, 9.17) is 0 Å². The zero-order valence-electron chi connectivity index (χ0n) is 16.3. The third kappa shape index (κ3) is 11.4. The molecular formula is C23H36. The summed E-state index contributed by atoms with van der Waals surface area (Å²) in [5.74, 6) is 0. The fraction of sp³-hybridized carbons (Fsp3) is 0.391. The van der Waals surface area contributed by atoms with Crippen molar-refractivity contribution in [1.82, 2.24) is 0 Å². The van der Waals surface area contributed by atoms with E-state index in [-0.39, 0.29) is 0 Å². The van der Waals surface area contributed by atoms with Gasteiger partial charge in [-0.15, -0.1) is 0 Å². The molecule has 0 atom stereocenters. The molecule has 1 aliphatic carbocycles. The summed E-state index contributed by atoms with van der Waals surface area (Å²) in [6, 6.07) is 18.8. The molecule has 0 saturated heterocycles. The lowest BCUT2D eigenvalue weighted by atomic mass is 9.98. The van der Waals surface area contributed by atoms with Gasteiger partial charge in [0.2, 0.25) is 0 Å². The lowest BCUT2D eigenvalue weighted by molar-refractivity contribution is 0.986. The van der Waals surface area contributed by atoms with Gasteiger partial charge in [0.15, 0.2) is 0 Å². The van der Waals surface area contributed by atoms with Gasteiger partial charge in [-0.25, -0.2) is 0 Å². The second-order valence-electron chi connectivity index (χ2n) is 4.29. The molecule has 3 rings (SSSR count). The van der Waals surface area contributed by atoms with Gasteiger partial charge >= 0.3 is 0 Å². The fourth-order valence-corrected chi connectivity index (χ4v) is 1.91. The quantitative estimate of drug-likeness (QED) is 0.467. The van der Waals surface area contributed by atoms with E-state index in [1.807, 2.05) is 59.7 Å². The second-order valence-corrected chi connectivity index (χ2v) is 4.29. The van der Waals surface area contributed by atoms with Crippen LogP contribution in [0, 0.1) is 6.92 Å². The molecule has 2 aromatic carbocycles. The van der Waals surface area contributed by atoms with Crippen LogP contribution in [0.15, 0.2) is 60.7 Å². The van der Waals surface area contributed by atoms with Crippen molar-refractivity contribution in [2.24, 2.45) is 0 Å². The monoisotopic (exact) mass is 312 g/mol. The van der Waals surface area contributed by atoms with Crippen LogP contribution in [0.1, 0.15) is 64.7 Å². The van der Waals surface area contributed by atoms with Crippen molar-refractivity contribution in [3.05, 3.63) is 77.4 Å². The van der Waals surface area contributed by atoms with Crippen molar-refractivity contribution in [1.29, 1.82) is 0 Å². The van der Waals surface area contributed by atoms with Crippen LogP contribution in [-0.4, -0.2) is 0 Å². The summed E-state index contributed by atoms with van der Waals surface area (Å²) in [5.41, 5.74) is 4.21. The minimum absolute atomic E-state index is 1.21. The smallest absolute Gasteiger partial charge is 0.0228 e. The summed E-state index contributed by atoms with van der Waals surface area (Å²) in [5, 5.41) is 0. The lowest BCUT2D eigenvalue weighted by Crippen LogP contribution is -1.91. The van der Waals surface area contributed by atoms with Crippen molar-refractivity contribution in [3.8, 4) is 0 Å². The fourth-order valence-electron chi connectivity index (χ4n) is 1.91. The third-order valence-electron chi connectivity index (χ3n) is 2.87. The molecule has 0 nitrogen and oxygen atoms in total. The summed E-state index contributed by atoms with van der Waals surface area (Å²) in [6.07, 6.45) is 6.87. The number of benzene rings is 2. The number of hydrogen-bond acceptors (Lipinski definition) is 0. The second kappa shape index (κ2) is 18.2. The molecule has 0 saturated carbocycles. The normalized spacial score (nSPS) is 9.87. The average Bonchev–Trinajstić information content (AvgIpc) is 2.68. The predicted octanol–water partition coefficient (Wildman–Crippen LogP) is 7.72. The highest BCUT2D eigenvalue weighted by atomic mass is 14.1. The summed E-state index contributed by atoms with van der Waals surface area (Å²) < 4.78 is 0. The first-order valence-electron chi connectivity index (χ1n) is 9.12. The predicted molar refractivity (Wildman–Crippen MR) is 109 cm³/mol. The number of rotatable bonds is 0. The van der Waals surface area contributed by atoms with Gasteiger partial charge in [0, 0.05) is 0 Å². The Morgan fingerprint density at radius 3 is 1.65 bits per heavy atom. The lowest BCUT2D eigenvalue weighted by Gasteiger charge is -2.07. The van der Waals surface area contributed by atoms with Gasteiger partial charge in [0.1, 0.15) is 0 Å². The molecule has 0 N–H and O–H groups in total. The van der Waals surface area contributed by atoms with Crippen LogP contribution in [0.25, 0.3) is 6.08 Å². The number of aryl methyl sites for hydroxylation is 2. The number of hydrogen-bond donors (Lipinski definition) is 0. The molecule has 2 aromatic rings. The van der Waals surface area contributed by atoms with Gasteiger partial charge in [-0.1, -0.05) is 114 Å². The topological polar surface area (TPSA) is 0 Å². The summed E-state index contributed by atoms with van der Waals surface area (Å²) in [7, 11) is 0. The van der Waals surface area contributed by atoms with Crippen molar-refractivity contribution in [2.45, 2.75) is 61.3 Å². The minimum atomic E-state index is 1.21. The van der Waals surface area contributed by atoms with Crippen molar-refractivity contribution >= 4 is 6.08 Å².